The fourth-order valence-corrected chi connectivity index (χ4v) is 1.88. The van der Waals surface area contributed by atoms with Gasteiger partial charge in [-0.15, -0.1) is 0 Å². The molecule has 0 spiro atoms. The monoisotopic (exact) mass is 333 g/mol. The van der Waals surface area contributed by atoms with Gasteiger partial charge < -0.3 is 10.1 Å². The molecule has 0 aliphatic carbocycles. The Morgan fingerprint density at radius 3 is 2.72 bits per heavy atom. The first-order valence-corrected chi connectivity index (χ1v) is 6.86. The number of hydrogen-bond acceptors (Lipinski definition) is 3. The zero-order chi connectivity index (χ0) is 13.8. The number of carbonyl (C=O) groups is 1. The second-order valence-corrected chi connectivity index (χ2v) is 6.18. The van der Waals surface area contributed by atoms with E-state index in [1.54, 1.807) is 12.1 Å². The topological polar surface area (TPSA) is 38.3 Å². The van der Waals surface area contributed by atoms with Gasteiger partial charge in [-0.3, -0.25) is 4.79 Å². The predicted octanol–water partition coefficient (Wildman–Crippen LogP) is 4.25. The molecule has 0 unspecified atom stereocenters. The fourth-order valence-electron chi connectivity index (χ4n) is 1.32. The van der Waals surface area contributed by atoms with Crippen molar-refractivity contribution in [2.45, 2.75) is 32.8 Å². The first kappa shape index (κ1) is 15.3. The lowest BCUT2D eigenvalue weighted by molar-refractivity contribution is -0.154. The Bertz CT molecular complexity index is 429. The normalized spacial score (nSPS) is 11.2. The summed E-state index contributed by atoms with van der Waals surface area (Å²) in [4.78, 5) is 11.5. The maximum absolute atomic E-state index is 11.5. The van der Waals surface area contributed by atoms with Crippen LogP contribution in [0.4, 0.5) is 5.69 Å². The molecule has 5 heteroatoms. The zero-order valence-corrected chi connectivity index (χ0v) is 13.1. The molecular formula is C13H17BrClNO2. The van der Waals surface area contributed by atoms with Crippen LogP contribution < -0.4 is 5.32 Å². The molecule has 0 heterocycles. The average Bonchev–Trinajstić information content (AvgIpc) is 2.20. The Labute approximate surface area is 121 Å². The van der Waals surface area contributed by atoms with E-state index >= 15 is 0 Å². The molecule has 0 fully saturated rings. The maximum atomic E-state index is 11.5. The van der Waals surface area contributed by atoms with Crippen molar-refractivity contribution in [2.75, 3.05) is 11.9 Å². The highest BCUT2D eigenvalue weighted by atomic mass is 79.9. The van der Waals surface area contributed by atoms with Gasteiger partial charge in [0.25, 0.3) is 0 Å². The number of ether oxygens (including phenoxy) is 1. The second kappa shape index (κ2) is 6.43. The number of nitrogens with one attached hydrogen (secondary N) is 1. The zero-order valence-electron chi connectivity index (χ0n) is 10.7. The molecule has 0 saturated carbocycles. The molecule has 18 heavy (non-hydrogen) atoms. The molecule has 0 aromatic heterocycles. The highest BCUT2D eigenvalue weighted by Crippen LogP contribution is 2.25. The predicted molar refractivity (Wildman–Crippen MR) is 78.1 cm³/mol. The van der Waals surface area contributed by atoms with Gasteiger partial charge >= 0.3 is 5.97 Å². The lowest BCUT2D eigenvalue weighted by Gasteiger charge is -2.19. The van der Waals surface area contributed by atoms with Crippen molar-refractivity contribution in [3.63, 3.8) is 0 Å². The van der Waals surface area contributed by atoms with Crippen LogP contribution in [-0.2, 0) is 9.53 Å². The van der Waals surface area contributed by atoms with Crippen LogP contribution in [0.3, 0.4) is 0 Å². The highest BCUT2D eigenvalue weighted by molar-refractivity contribution is 9.10. The molecule has 100 valence electrons. The third-order valence-corrected chi connectivity index (χ3v) is 2.92. The molecular weight excluding hydrogens is 318 g/mol. The number of esters is 1. The smallest absolute Gasteiger partial charge is 0.308 e. The van der Waals surface area contributed by atoms with Gasteiger partial charge in [0.15, 0.2) is 0 Å². The van der Waals surface area contributed by atoms with Gasteiger partial charge in [0, 0.05) is 21.7 Å². The lowest BCUT2D eigenvalue weighted by Crippen LogP contribution is -2.25. The quantitative estimate of drug-likeness (QED) is 0.837. The van der Waals surface area contributed by atoms with Gasteiger partial charge in [-0.1, -0.05) is 11.6 Å². The summed E-state index contributed by atoms with van der Waals surface area (Å²) < 4.78 is 6.13. The first-order chi connectivity index (χ1) is 8.28. The van der Waals surface area contributed by atoms with E-state index in [0.29, 0.717) is 18.0 Å². The summed E-state index contributed by atoms with van der Waals surface area (Å²) in [6.45, 7) is 6.07. The van der Waals surface area contributed by atoms with Gasteiger partial charge in [-0.25, -0.2) is 0 Å². The minimum absolute atomic E-state index is 0.215. The summed E-state index contributed by atoms with van der Waals surface area (Å²) >= 11 is 9.30. The minimum Gasteiger partial charge on any atom is -0.460 e. The van der Waals surface area contributed by atoms with E-state index in [1.165, 1.54) is 0 Å². The summed E-state index contributed by atoms with van der Waals surface area (Å²) in [5.74, 6) is -0.215. The largest absolute Gasteiger partial charge is 0.460 e. The van der Waals surface area contributed by atoms with Gasteiger partial charge in [-0.2, -0.15) is 0 Å². The Balaban J connectivity index is 2.42. The highest BCUT2D eigenvalue weighted by Gasteiger charge is 2.15. The van der Waals surface area contributed by atoms with Crippen molar-refractivity contribution in [3.8, 4) is 0 Å². The van der Waals surface area contributed by atoms with Crippen LogP contribution in [-0.4, -0.2) is 18.1 Å². The minimum atomic E-state index is -0.437. The molecule has 1 N–H and O–H groups in total. The van der Waals surface area contributed by atoms with E-state index in [9.17, 15) is 4.79 Å². The Hall–Kier alpha value is -0.740. The summed E-state index contributed by atoms with van der Waals surface area (Å²) in [5.41, 5.74) is 0.430. The molecule has 1 rings (SSSR count). The molecule has 0 radical (unpaired) electrons. The van der Waals surface area contributed by atoms with Crippen LogP contribution in [0, 0.1) is 0 Å². The number of halogens is 2. The molecule has 0 aliphatic heterocycles. The third kappa shape index (κ3) is 5.74. The van der Waals surface area contributed by atoms with Crippen LogP contribution in [0.1, 0.15) is 27.2 Å². The van der Waals surface area contributed by atoms with E-state index in [2.05, 4.69) is 21.2 Å². The molecule has 1 aromatic rings. The van der Waals surface area contributed by atoms with Gasteiger partial charge in [0.05, 0.1) is 6.42 Å². The second-order valence-electron chi connectivity index (χ2n) is 4.89. The van der Waals surface area contributed by atoms with Crippen molar-refractivity contribution in [1.29, 1.82) is 0 Å². The molecule has 1 aromatic carbocycles. The van der Waals surface area contributed by atoms with Gasteiger partial charge in [0.1, 0.15) is 5.60 Å². The third-order valence-electron chi connectivity index (χ3n) is 1.99. The number of benzene rings is 1. The van der Waals surface area contributed by atoms with E-state index in [-0.39, 0.29) is 5.97 Å². The lowest BCUT2D eigenvalue weighted by atomic mass is 10.2. The number of anilines is 1. The van der Waals surface area contributed by atoms with Gasteiger partial charge in [-0.05, 0) is 54.9 Å². The number of hydrogen-bond donors (Lipinski definition) is 1. The number of rotatable bonds is 4. The molecule has 0 saturated heterocycles. The van der Waals surface area contributed by atoms with Crippen molar-refractivity contribution < 1.29 is 9.53 Å². The van der Waals surface area contributed by atoms with Crippen molar-refractivity contribution in [1.82, 2.24) is 0 Å². The molecule has 0 bridgehead atoms. The van der Waals surface area contributed by atoms with Crippen LogP contribution in [0.25, 0.3) is 0 Å². The average molecular weight is 335 g/mol. The molecule has 0 aliphatic rings. The van der Waals surface area contributed by atoms with E-state index < -0.39 is 5.60 Å². The fraction of sp³-hybridized carbons (Fsp3) is 0.462. The Morgan fingerprint density at radius 1 is 1.44 bits per heavy atom. The number of carbonyl (C=O) groups excluding carboxylic acids is 1. The van der Waals surface area contributed by atoms with Crippen LogP contribution in [0.15, 0.2) is 22.7 Å². The molecule has 0 amide bonds. The SMILES string of the molecule is CC(C)(C)OC(=O)CCNc1cc(Cl)ccc1Br. The molecule has 3 nitrogen and oxygen atoms in total. The van der Waals surface area contributed by atoms with Gasteiger partial charge in [0.2, 0.25) is 0 Å². The summed E-state index contributed by atoms with van der Waals surface area (Å²) in [5, 5.41) is 3.79. The maximum Gasteiger partial charge on any atom is 0.308 e. The summed E-state index contributed by atoms with van der Waals surface area (Å²) in [7, 11) is 0. The first-order valence-electron chi connectivity index (χ1n) is 5.69. The standard InChI is InChI=1S/C13H17BrClNO2/c1-13(2,3)18-12(17)6-7-16-11-8-9(15)4-5-10(11)14/h4-5,8,16H,6-7H2,1-3H3. The van der Waals surface area contributed by atoms with E-state index in [0.717, 1.165) is 10.2 Å². The van der Waals surface area contributed by atoms with Crippen LogP contribution >= 0.6 is 27.5 Å². The van der Waals surface area contributed by atoms with E-state index in [1.807, 2.05) is 26.8 Å². The van der Waals surface area contributed by atoms with Crippen LogP contribution in [0.2, 0.25) is 5.02 Å². The Kier molecular flexibility index (Phi) is 5.47. The molecule has 0 atom stereocenters. The Morgan fingerprint density at radius 2 is 2.11 bits per heavy atom. The summed E-state index contributed by atoms with van der Waals surface area (Å²) in [6.07, 6.45) is 0.316. The summed E-state index contributed by atoms with van der Waals surface area (Å²) in [6, 6.07) is 5.46. The van der Waals surface area contributed by atoms with Crippen molar-refractivity contribution >= 4 is 39.2 Å². The van der Waals surface area contributed by atoms with E-state index in [4.69, 9.17) is 16.3 Å². The van der Waals surface area contributed by atoms with Crippen molar-refractivity contribution in [3.05, 3.63) is 27.7 Å². The van der Waals surface area contributed by atoms with Crippen molar-refractivity contribution in [2.24, 2.45) is 0 Å². The van der Waals surface area contributed by atoms with Crippen LogP contribution in [0.5, 0.6) is 0 Å².